The third kappa shape index (κ3) is 2.78. The Labute approximate surface area is 96.1 Å². The molecule has 0 aromatic carbocycles. The van der Waals surface area contributed by atoms with E-state index < -0.39 is 0 Å². The van der Waals surface area contributed by atoms with Gasteiger partial charge in [0, 0.05) is 11.9 Å². The Kier molecular flexibility index (Phi) is 4.40. The number of ether oxygens (including phenoxy) is 1. The molecule has 0 radical (unpaired) electrons. The van der Waals surface area contributed by atoms with Crippen LogP contribution >= 0.6 is 0 Å². The molecule has 0 saturated carbocycles. The highest BCUT2D eigenvalue weighted by Gasteiger charge is 2.22. The van der Waals surface area contributed by atoms with Crippen molar-refractivity contribution in [3.05, 3.63) is 23.8 Å². The molecule has 0 saturated heterocycles. The van der Waals surface area contributed by atoms with Crippen LogP contribution in [-0.4, -0.2) is 23.0 Å². The quantitative estimate of drug-likeness (QED) is 0.733. The summed E-state index contributed by atoms with van der Waals surface area (Å²) < 4.78 is 4.74. The van der Waals surface area contributed by atoms with Crippen molar-refractivity contribution >= 4 is 5.97 Å². The number of carbonyl (C=O) groups is 1. The molecule has 16 heavy (non-hydrogen) atoms. The molecular formula is C12H18N2O2. The van der Waals surface area contributed by atoms with Gasteiger partial charge in [-0.1, -0.05) is 20.8 Å². The molecule has 0 amide bonds. The molecule has 0 fully saturated rings. The van der Waals surface area contributed by atoms with E-state index in [-0.39, 0.29) is 11.9 Å². The molecule has 88 valence electrons. The summed E-state index contributed by atoms with van der Waals surface area (Å²) in [5.74, 6) is 0.254. The molecule has 0 aliphatic heterocycles. The predicted octanol–water partition coefficient (Wildman–Crippen LogP) is 2.27. The van der Waals surface area contributed by atoms with Crippen LogP contribution in [0.25, 0.3) is 0 Å². The van der Waals surface area contributed by atoms with Crippen molar-refractivity contribution in [3.8, 4) is 0 Å². The van der Waals surface area contributed by atoms with Gasteiger partial charge in [-0.3, -0.25) is 4.79 Å². The van der Waals surface area contributed by atoms with Crippen molar-refractivity contribution in [2.75, 3.05) is 7.11 Å². The summed E-state index contributed by atoms with van der Waals surface area (Å²) in [7, 11) is 1.39. The van der Waals surface area contributed by atoms with E-state index in [4.69, 9.17) is 4.74 Å². The lowest BCUT2D eigenvalue weighted by atomic mass is 10.1. The van der Waals surface area contributed by atoms with Crippen molar-refractivity contribution in [2.24, 2.45) is 0 Å². The highest BCUT2D eigenvalue weighted by Crippen LogP contribution is 2.19. The first-order chi connectivity index (χ1) is 7.60. The minimum Gasteiger partial charge on any atom is -0.468 e. The first-order valence-corrected chi connectivity index (χ1v) is 5.50. The summed E-state index contributed by atoms with van der Waals surface area (Å²) in [4.78, 5) is 20.1. The molecule has 0 aliphatic carbocycles. The van der Waals surface area contributed by atoms with E-state index in [1.807, 2.05) is 13.0 Å². The summed E-state index contributed by atoms with van der Waals surface area (Å²) in [6, 6.07) is 1.87. The van der Waals surface area contributed by atoms with Crippen LogP contribution in [-0.2, 0) is 9.53 Å². The lowest BCUT2D eigenvalue weighted by molar-refractivity contribution is -0.142. The number of methoxy groups -OCH3 is 1. The minimum absolute atomic E-state index is 0.275. The molecule has 0 N–H and O–H groups in total. The highest BCUT2D eigenvalue weighted by atomic mass is 16.5. The molecule has 1 unspecified atom stereocenters. The summed E-state index contributed by atoms with van der Waals surface area (Å²) in [5.41, 5.74) is 0.951. The van der Waals surface area contributed by atoms with Crippen LogP contribution in [0.2, 0.25) is 0 Å². The topological polar surface area (TPSA) is 52.1 Å². The van der Waals surface area contributed by atoms with E-state index in [9.17, 15) is 4.79 Å². The van der Waals surface area contributed by atoms with Gasteiger partial charge in [0.15, 0.2) is 0 Å². The molecule has 1 aromatic rings. The number of esters is 1. The van der Waals surface area contributed by atoms with E-state index in [0.717, 1.165) is 5.69 Å². The number of nitrogens with zero attached hydrogens (tertiary/aromatic N) is 2. The van der Waals surface area contributed by atoms with E-state index in [1.54, 1.807) is 6.20 Å². The van der Waals surface area contributed by atoms with Gasteiger partial charge in [-0.25, -0.2) is 9.97 Å². The Hall–Kier alpha value is -1.45. The zero-order valence-corrected chi connectivity index (χ0v) is 10.2. The Morgan fingerprint density at radius 1 is 1.50 bits per heavy atom. The molecule has 4 nitrogen and oxygen atoms in total. The standard InChI is InChI=1S/C12H18N2O2/c1-5-9(12(15)16-4)11-13-7-6-10(14-11)8(2)3/h6-9H,5H2,1-4H3. The number of hydrogen-bond acceptors (Lipinski definition) is 4. The van der Waals surface area contributed by atoms with Gasteiger partial charge in [0.25, 0.3) is 0 Å². The van der Waals surface area contributed by atoms with E-state index in [0.29, 0.717) is 18.2 Å². The van der Waals surface area contributed by atoms with Crippen LogP contribution in [0.5, 0.6) is 0 Å². The second-order valence-electron chi connectivity index (χ2n) is 3.98. The SMILES string of the molecule is CCC(C(=O)OC)c1nccc(C(C)C)n1. The largest absolute Gasteiger partial charge is 0.468 e. The lowest BCUT2D eigenvalue weighted by Crippen LogP contribution is -2.17. The summed E-state index contributed by atoms with van der Waals surface area (Å²) >= 11 is 0. The number of aromatic nitrogens is 2. The zero-order chi connectivity index (χ0) is 12.1. The maximum Gasteiger partial charge on any atom is 0.316 e. The maximum atomic E-state index is 11.5. The Balaban J connectivity index is 3.01. The van der Waals surface area contributed by atoms with Gasteiger partial charge in [0.05, 0.1) is 7.11 Å². The smallest absolute Gasteiger partial charge is 0.316 e. The van der Waals surface area contributed by atoms with E-state index >= 15 is 0 Å². The van der Waals surface area contributed by atoms with Gasteiger partial charge in [0.2, 0.25) is 0 Å². The normalized spacial score (nSPS) is 12.6. The molecule has 0 bridgehead atoms. The third-order valence-electron chi connectivity index (χ3n) is 2.49. The van der Waals surface area contributed by atoms with Crippen molar-refractivity contribution in [2.45, 2.75) is 39.0 Å². The highest BCUT2D eigenvalue weighted by molar-refractivity contribution is 5.76. The molecule has 0 aliphatic rings. The minimum atomic E-state index is -0.358. The van der Waals surface area contributed by atoms with Gasteiger partial charge in [-0.05, 0) is 18.4 Å². The molecule has 4 heteroatoms. The summed E-state index contributed by atoms with van der Waals surface area (Å²) in [6.45, 7) is 6.05. The second kappa shape index (κ2) is 5.58. The van der Waals surface area contributed by atoms with Crippen molar-refractivity contribution in [1.82, 2.24) is 9.97 Å². The van der Waals surface area contributed by atoms with E-state index in [1.165, 1.54) is 7.11 Å². The van der Waals surface area contributed by atoms with Gasteiger partial charge in [0.1, 0.15) is 11.7 Å². The first kappa shape index (κ1) is 12.6. The molecule has 0 spiro atoms. The fraction of sp³-hybridized carbons (Fsp3) is 0.583. The molecular weight excluding hydrogens is 204 g/mol. The Bertz CT molecular complexity index is 364. The van der Waals surface area contributed by atoms with Crippen LogP contribution in [0.4, 0.5) is 0 Å². The maximum absolute atomic E-state index is 11.5. The molecule has 1 rings (SSSR count). The average molecular weight is 222 g/mol. The molecule has 1 heterocycles. The van der Waals surface area contributed by atoms with Crippen molar-refractivity contribution in [3.63, 3.8) is 0 Å². The third-order valence-corrected chi connectivity index (χ3v) is 2.49. The van der Waals surface area contributed by atoms with Crippen LogP contribution < -0.4 is 0 Å². The fourth-order valence-electron chi connectivity index (χ4n) is 1.47. The predicted molar refractivity (Wildman–Crippen MR) is 61.2 cm³/mol. The van der Waals surface area contributed by atoms with Crippen molar-refractivity contribution < 1.29 is 9.53 Å². The van der Waals surface area contributed by atoms with Gasteiger partial charge >= 0.3 is 5.97 Å². The summed E-state index contributed by atoms with van der Waals surface area (Å²) in [6.07, 6.45) is 2.34. The Morgan fingerprint density at radius 3 is 2.69 bits per heavy atom. The second-order valence-corrected chi connectivity index (χ2v) is 3.98. The fourth-order valence-corrected chi connectivity index (χ4v) is 1.47. The van der Waals surface area contributed by atoms with Crippen LogP contribution in [0.3, 0.4) is 0 Å². The van der Waals surface area contributed by atoms with Gasteiger partial charge in [-0.2, -0.15) is 0 Å². The van der Waals surface area contributed by atoms with Crippen LogP contribution in [0, 0.1) is 0 Å². The number of hydrogen-bond donors (Lipinski definition) is 0. The van der Waals surface area contributed by atoms with Crippen LogP contribution in [0.1, 0.15) is 50.5 Å². The van der Waals surface area contributed by atoms with Crippen molar-refractivity contribution in [1.29, 1.82) is 0 Å². The zero-order valence-electron chi connectivity index (χ0n) is 10.2. The lowest BCUT2D eigenvalue weighted by Gasteiger charge is -2.12. The molecule has 1 aromatic heterocycles. The monoisotopic (exact) mass is 222 g/mol. The Morgan fingerprint density at radius 2 is 2.19 bits per heavy atom. The van der Waals surface area contributed by atoms with Crippen LogP contribution in [0.15, 0.2) is 12.3 Å². The number of rotatable bonds is 4. The summed E-state index contributed by atoms with van der Waals surface area (Å²) in [5, 5.41) is 0. The van der Waals surface area contributed by atoms with Gasteiger partial charge < -0.3 is 4.74 Å². The van der Waals surface area contributed by atoms with Gasteiger partial charge in [-0.15, -0.1) is 0 Å². The molecule has 1 atom stereocenters. The average Bonchev–Trinajstić information content (AvgIpc) is 2.30. The van der Waals surface area contributed by atoms with E-state index in [2.05, 4.69) is 23.8 Å². The number of carbonyl (C=O) groups excluding carboxylic acids is 1. The first-order valence-electron chi connectivity index (χ1n) is 5.50.